The van der Waals surface area contributed by atoms with E-state index in [1.54, 1.807) is 0 Å². The summed E-state index contributed by atoms with van der Waals surface area (Å²) in [6.07, 6.45) is 5.15. The van der Waals surface area contributed by atoms with Crippen LogP contribution in [0.15, 0.2) is 103 Å². The molecule has 3 aliphatic rings. The second kappa shape index (κ2) is 13.1. The number of nitrogens with two attached hydrogens (primary N) is 1. The number of amides is 1. The van der Waals surface area contributed by atoms with E-state index in [1.165, 1.54) is 27.8 Å². The van der Waals surface area contributed by atoms with Crippen molar-refractivity contribution in [1.29, 1.82) is 0 Å². The van der Waals surface area contributed by atoms with E-state index in [-0.39, 0.29) is 11.3 Å². The van der Waals surface area contributed by atoms with Crippen LogP contribution in [0.4, 0.5) is 0 Å². The summed E-state index contributed by atoms with van der Waals surface area (Å²) in [5.74, 6) is 0.146. The van der Waals surface area contributed by atoms with Crippen LogP contribution in [0.1, 0.15) is 69.4 Å². The number of ketones is 1. The van der Waals surface area contributed by atoms with Crippen molar-refractivity contribution in [1.82, 2.24) is 9.80 Å². The molecule has 232 valence electrons. The third kappa shape index (κ3) is 6.12. The zero-order chi connectivity index (χ0) is 31.4. The van der Waals surface area contributed by atoms with E-state index < -0.39 is 5.41 Å². The topological polar surface area (TPSA) is 66.6 Å². The number of Topliss-reactive ketones (excluding diaryl/α,β-unsaturated/α-hetero) is 1. The summed E-state index contributed by atoms with van der Waals surface area (Å²) in [6, 6.07) is 35.4. The summed E-state index contributed by atoms with van der Waals surface area (Å²) >= 11 is 0. The van der Waals surface area contributed by atoms with Gasteiger partial charge in [-0.05, 0) is 112 Å². The SMILES string of the molecule is CN1CCC(C(N)=O)(c2ccccc2Cc2ccccc2)CC1.CN1CCC2(CC1)C(=O)c1ccccc1Cc1ccccc12. The molecule has 0 unspecified atom stereocenters. The second-order valence-corrected chi connectivity index (χ2v) is 13.3. The van der Waals surface area contributed by atoms with Crippen molar-refractivity contribution in [2.45, 2.75) is 49.4 Å². The van der Waals surface area contributed by atoms with E-state index in [4.69, 9.17) is 5.73 Å². The lowest BCUT2D eigenvalue weighted by Gasteiger charge is -2.40. The van der Waals surface area contributed by atoms with Gasteiger partial charge in [0.15, 0.2) is 5.78 Å². The number of hydrogen-bond donors (Lipinski definition) is 1. The van der Waals surface area contributed by atoms with Crippen molar-refractivity contribution in [3.05, 3.63) is 142 Å². The number of benzene rings is 4. The van der Waals surface area contributed by atoms with Gasteiger partial charge in [-0.15, -0.1) is 0 Å². The van der Waals surface area contributed by atoms with Crippen LogP contribution in [0.2, 0.25) is 0 Å². The summed E-state index contributed by atoms with van der Waals surface area (Å²) in [7, 11) is 4.24. The van der Waals surface area contributed by atoms with Crippen molar-refractivity contribution in [2.24, 2.45) is 5.73 Å². The number of nitrogens with zero attached hydrogens (tertiary/aromatic N) is 2. The lowest BCUT2D eigenvalue weighted by molar-refractivity contribution is -0.125. The van der Waals surface area contributed by atoms with Crippen LogP contribution in [0.5, 0.6) is 0 Å². The maximum absolute atomic E-state index is 13.5. The molecule has 1 amide bonds. The van der Waals surface area contributed by atoms with E-state index in [1.807, 2.05) is 36.4 Å². The van der Waals surface area contributed by atoms with Gasteiger partial charge < -0.3 is 15.5 Å². The van der Waals surface area contributed by atoms with E-state index in [9.17, 15) is 9.59 Å². The zero-order valence-electron chi connectivity index (χ0n) is 26.7. The Bertz CT molecular complexity index is 1650. The maximum atomic E-state index is 13.5. The fourth-order valence-corrected chi connectivity index (χ4v) is 7.73. The molecular formula is C40H45N3O2. The first-order valence-corrected chi connectivity index (χ1v) is 16.3. The first kappa shape index (κ1) is 30.9. The van der Waals surface area contributed by atoms with Gasteiger partial charge >= 0.3 is 0 Å². The standard InChI is InChI=1S/C20H24N2O.C20H21NO/c1-22-13-11-20(12-14-22,19(21)23)18-10-6-5-9-17(18)15-16-7-3-2-4-8-16;1-21-12-10-20(11-13-21)18-9-5-3-7-16(18)14-15-6-2-4-8-17(15)19(20)22/h2-10H,11-15H2,1H3,(H2,21,23);2-9H,10-14H2,1H3. The molecule has 45 heavy (non-hydrogen) atoms. The van der Waals surface area contributed by atoms with Crippen LogP contribution in [-0.4, -0.2) is 61.8 Å². The molecule has 2 heterocycles. The van der Waals surface area contributed by atoms with Gasteiger partial charge in [-0.2, -0.15) is 0 Å². The molecule has 5 heteroatoms. The molecule has 0 bridgehead atoms. The van der Waals surface area contributed by atoms with Gasteiger partial charge in [-0.25, -0.2) is 0 Å². The Balaban J connectivity index is 0.000000159. The molecule has 2 fully saturated rings. The number of piperidine rings is 2. The van der Waals surface area contributed by atoms with Gasteiger partial charge in [0.25, 0.3) is 0 Å². The third-order valence-corrected chi connectivity index (χ3v) is 10.5. The highest BCUT2D eigenvalue weighted by Gasteiger charge is 2.45. The van der Waals surface area contributed by atoms with Crippen LogP contribution in [0, 0.1) is 0 Å². The molecule has 5 nitrogen and oxygen atoms in total. The summed E-state index contributed by atoms with van der Waals surface area (Å²) in [6.45, 7) is 3.79. The van der Waals surface area contributed by atoms with Gasteiger partial charge in [-0.1, -0.05) is 103 Å². The average molecular weight is 600 g/mol. The minimum atomic E-state index is -0.530. The second-order valence-electron chi connectivity index (χ2n) is 13.3. The first-order valence-electron chi connectivity index (χ1n) is 16.3. The normalized spacial score (nSPS) is 19.0. The largest absolute Gasteiger partial charge is 0.369 e. The smallest absolute Gasteiger partial charge is 0.228 e. The fourth-order valence-electron chi connectivity index (χ4n) is 7.73. The molecule has 0 radical (unpaired) electrons. The minimum absolute atomic E-state index is 0.189. The molecule has 4 aromatic rings. The monoisotopic (exact) mass is 599 g/mol. The molecule has 4 aromatic carbocycles. The molecule has 1 aliphatic carbocycles. The predicted octanol–water partition coefficient (Wildman–Crippen LogP) is 6.16. The Kier molecular flexibility index (Phi) is 9.02. The summed E-state index contributed by atoms with van der Waals surface area (Å²) < 4.78 is 0. The van der Waals surface area contributed by atoms with Gasteiger partial charge in [-0.3, -0.25) is 9.59 Å². The van der Waals surface area contributed by atoms with E-state index >= 15 is 0 Å². The van der Waals surface area contributed by atoms with Gasteiger partial charge in [0.05, 0.1) is 10.8 Å². The highest BCUT2D eigenvalue weighted by molar-refractivity contribution is 6.06. The van der Waals surface area contributed by atoms with Crippen molar-refractivity contribution in [3.63, 3.8) is 0 Å². The zero-order valence-corrected chi connectivity index (χ0v) is 26.7. The summed E-state index contributed by atoms with van der Waals surface area (Å²) in [5, 5.41) is 0. The number of hydrogen-bond acceptors (Lipinski definition) is 4. The molecule has 0 saturated carbocycles. The number of fused-ring (bicyclic) bond motifs is 3. The Morgan fingerprint density at radius 3 is 1.87 bits per heavy atom. The van der Waals surface area contributed by atoms with Crippen molar-refractivity contribution in [3.8, 4) is 0 Å². The first-order chi connectivity index (χ1) is 21.8. The highest BCUT2D eigenvalue weighted by atomic mass is 16.1. The number of carbonyl (C=O) groups excluding carboxylic acids is 2. The van der Waals surface area contributed by atoms with E-state index in [2.05, 4.69) is 90.6 Å². The highest BCUT2D eigenvalue weighted by Crippen LogP contribution is 2.43. The van der Waals surface area contributed by atoms with Crippen molar-refractivity contribution in [2.75, 3.05) is 40.3 Å². The number of likely N-dealkylation sites (tertiary alicyclic amines) is 2. The number of carbonyl (C=O) groups is 2. The molecule has 0 aromatic heterocycles. The minimum Gasteiger partial charge on any atom is -0.369 e. The van der Waals surface area contributed by atoms with Gasteiger partial charge in [0.1, 0.15) is 0 Å². The van der Waals surface area contributed by atoms with E-state index in [0.717, 1.165) is 75.8 Å². The number of primary amides is 1. The molecule has 2 saturated heterocycles. The molecule has 2 aliphatic heterocycles. The molecule has 2 N–H and O–H groups in total. The van der Waals surface area contributed by atoms with Gasteiger partial charge in [0, 0.05) is 5.56 Å². The summed E-state index contributed by atoms with van der Waals surface area (Å²) in [4.78, 5) is 30.5. The van der Waals surface area contributed by atoms with Crippen LogP contribution in [0.25, 0.3) is 0 Å². The molecule has 7 rings (SSSR count). The Hall–Kier alpha value is -4.06. The quantitative estimate of drug-likeness (QED) is 0.305. The average Bonchev–Trinajstić information content (AvgIpc) is 3.16. The van der Waals surface area contributed by atoms with Crippen LogP contribution >= 0.6 is 0 Å². The molecule has 1 spiro atoms. The Morgan fingerprint density at radius 2 is 1.20 bits per heavy atom. The van der Waals surface area contributed by atoms with E-state index in [0.29, 0.717) is 5.78 Å². The van der Waals surface area contributed by atoms with Crippen molar-refractivity contribution < 1.29 is 9.59 Å². The van der Waals surface area contributed by atoms with Crippen LogP contribution in [0.3, 0.4) is 0 Å². The lowest BCUT2D eigenvalue weighted by Crippen LogP contribution is -2.49. The maximum Gasteiger partial charge on any atom is 0.228 e. The lowest BCUT2D eigenvalue weighted by atomic mass is 9.68. The Labute approximate surface area is 268 Å². The van der Waals surface area contributed by atoms with Crippen LogP contribution in [-0.2, 0) is 28.5 Å². The Morgan fingerprint density at radius 1 is 0.667 bits per heavy atom. The molecule has 0 atom stereocenters. The predicted molar refractivity (Wildman–Crippen MR) is 182 cm³/mol. The summed E-state index contributed by atoms with van der Waals surface area (Å²) in [5.41, 5.74) is 13.3. The van der Waals surface area contributed by atoms with Crippen LogP contribution < -0.4 is 5.73 Å². The van der Waals surface area contributed by atoms with Gasteiger partial charge in [0.2, 0.25) is 5.91 Å². The van der Waals surface area contributed by atoms with Crippen molar-refractivity contribution >= 4 is 11.7 Å². The molecular weight excluding hydrogens is 554 g/mol. The fraction of sp³-hybridized carbons (Fsp3) is 0.350. The number of rotatable bonds is 4. The third-order valence-electron chi connectivity index (χ3n) is 10.5.